The second kappa shape index (κ2) is 3.32. The molecule has 0 aliphatic carbocycles. The zero-order chi connectivity index (χ0) is 10.1. The highest BCUT2D eigenvalue weighted by Crippen LogP contribution is 2.23. The van der Waals surface area contributed by atoms with Crippen molar-refractivity contribution >= 4 is 27.6 Å². The van der Waals surface area contributed by atoms with E-state index < -0.39 is 5.91 Å². The largest absolute Gasteiger partial charge is 0.389 e. The maximum atomic E-state index is 11.0. The molecule has 1 amide bonds. The van der Waals surface area contributed by atoms with Crippen LogP contribution in [0.5, 0.6) is 0 Å². The molecule has 0 bridgehead atoms. The van der Waals surface area contributed by atoms with E-state index in [1.165, 1.54) is 17.5 Å². The fourth-order valence-electron chi connectivity index (χ4n) is 1.08. The van der Waals surface area contributed by atoms with Crippen LogP contribution in [0, 0.1) is 6.07 Å². The summed E-state index contributed by atoms with van der Waals surface area (Å²) in [5, 5.41) is 9.37. The van der Waals surface area contributed by atoms with Crippen LogP contribution in [0.1, 0.15) is 15.4 Å². The van der Waals surface area contributed by atoms with Crippen molar-refractivity contribution in [3.63, 3.8) is 0 Å². The molecule has 0 saturated carbocycles. The molecule has 0 atom stereocenters. The van der Waals surface area contributed by atoms with Crippen LogP contribution in [0.15, 0.2) is 6.20 Å². The summed E-state index contributed by atoms with van der Waals surface area (Å²) < 4.78 is 0.573. The van der Waals surface area contributed by atoms with Gasteiger partial charge in [0, 0.05) is 12.3 Å². The Morgan fingerprint density at radius 2 is 2.50 bits per heavy atom. The Balaban J connectivity index is 2.73. The number of hydrogen-bond acceptors (Lipinski definition) is 5. The second-order valence-corrected chi connectivity index (χ2v) is 3.64. The van der Waals surface area contributed by atoms with Crippen LogP contribution in [-0.4, -0.2) is 21.0 Å². The Morgan fingerprint density at radius 3 is 3.14 bits per heavy atom. The normalized spacial score (nSPS) is 10.6. The van der Waals surface area contributed by atoms with Gasteiger partial charge in [0.15, 0.2) is 5.65 Å². The van der Waals surface area contributed by atoms with Crippen LogP contribution < -0.4 is 5.73 Å². The van der Waals surface area contributed by atoms with Crippen molar-refractivity contribution in [2.75, 3.05) is 0 Å². The zero-order valence-electron chi connectivity index (χ0n) is 7.02. The number of thiazole rings is 1. The lowest BCUT2D eigenvalue weighted by atomic mass is 10.2. The fraction of sp³-hybridized carbons (Fsp3) is 0.125. The van der Waals surface area contributed by atoms with Gasteiger partial charge in [0.1, 0.15) is 5.01 Å². The third-order valence-electron chi connectivity index (χ3n) is 1.66. The van der Waals surface area contributed by atoms with Crippen LogP contribution in [0.4, 0.5) is 0 Å². The molecule has 0 spiro atoms. The molecule has 0 fully saturated rings. The van der Waals surface area contributed by atoms with Gasteiger partial charge >= 0.3 is 0 Å². The first kappa shape index (κ1) is 9.04. The van der Waals surface area contributed by atoms with Crippen molar-refractivity contribution < 1.29 is 9.90 Å². The molecular weight excluding hydrogens is 202 g/mol. The summed E-state index contributed by atoms with van der Waals surface area (Å²) in [6.07, 6.45) is 1.35. The molecule has 5 nitrogen and oxygen atoms in total. The van der Waals surface area contributed by atoms with Crippen molar-refractivity contribution in [3.8, 4) is 0 Å². The number of fused-ring (bicyclic) bond motifs is 1. The number of amides is 1. The first-order valence-electron chi connectivity index (χ1n) is 3.79. The SMILES string of the molecule is NC(=O)c1[c]cnc2nc(CO)sc12. The maximum Gasteiger partial charge on any atom is 0.250 e. The van der Waals surface area contributed by atoms with Crippen LogP contribution in [0.3, 0.4) is 0 Å². The van der Waals surface area contributed by atoms with E-state index in [2.05, 4.69) is 16.0 Å². The second-order valence-electron chi connectivity index (χ2n) is 2.56. The van der Waals surface area contributed by atoms with Gasteiger partial charge in [-0.2, -0.15) is 0 Å². The lowest BCUT2D eigenvalue weighted by Crippen LogP contribution is -2.11. The predicted octanol–water partition coefficient (Wildman–Crippen LogP) is 0.0827. The Morgan fingerprint density at radius 1 is 1.71 bits per heavy atom. The minimum atomic E-state index is -0.564. The minimum absolute atomic E-state index is 0.167. The number of aromatic nitrogens is 2. The first-order chi connectivity index (χ1) is 6.72. The third-order valence-corrected chi connectivity index (χ3v) is 2.70. The molecule has 0 aromatic carbocycles. The van der Waals surface area contributed by atoms with Crippen molar-refractivity contribution in [2.45, 2.75) is 6.61 Å². The van der Waals surface area contributed by atoms with Gasteiger partial charge in [-0.05, 0) is 0 Å². The van der Waals surface area contributed by atoms with Gasteiger partial charge in [-0.1, -0.05) is 0 Å². The van der Waals surface area contributed by atoms with E-state index in [0.717, 1.165) is 0 Å². The first-order valence-corrected chi connectivity index (χ1v) is 4.61. The van der Waals surface area contributed by atoms with Crippen LogP contribution in [-0.2, 0) is 6.61 Å². The summed E-state index contributed by atoms with van der Waals surface area (Å²) in [5.74, 6) is -0.564. The van der Waals surface area contributed by atoms with Crippen molar-refractivity contribution in [1.29, 1.82) is 0 Å². The Bertz CT molecular complexity index is 494. The number of rotatable bonds is 2. The van der Waals surface area contributed by atoms with Gasteiger partial charge in [-0.3, -0.25) is 4.79 Å². The number of aliphatic hydroxyl groups is 1. The number of carbonyl (C=O) groups excluding carboxylic acids is 1. The van der Waals surface area contributed by atoms with Gasteiger partial charge in [-0.25, -0.2) is 9.97 Å². The average Bonchev–Trinajstić information content (AvgIpc) is 2.59. The Kier molecular flexibility index (Phi) is 2.14. The molecule has 0 unspecified atom stereocenters. The van der Waals surface area contributed by atoms with E-state index in [1.54, 1.807) is 0 Å². The molecule has 2 aromatic heterocycles. The molecule has 6 heteroatoms. The monoisotopic (exact) mass is 208 g/mol. The van der Waals surface area contributed by atoms with E-state index in [4.69, 9.17) is 10.8 Å². The summed E-state index contributed by atoms with van der Waals surface area (Å²) in [4.78, 5) is 18.9. The van der Waals surface area contributed by atoms with Crippen molar-refractivity contribution in [2.24, 2.45) is 5.73 Å². The number of pyridine rings is 1. The smallest absolute Gasteiger partial charge is 0.250 e. The predicted molar refractivity (Wildman–Crippen MR) is 50.7 cm³/mol. The van der Waals surface area contributed by atoms with Crippen LogP contribution >= 0.6 is 11.3 Å². The minimum Gasteiger partial charge on any atom is -0.389 e. The van der Waals surface area contributed by atoms with Gasteiger partial charge < -0.3 is 10.8 Å². The molecule has 3 N–H and O–H groups in total. The van der Waals surface area contributed by atoms with Gasteiger partial charge in [0.2, 0.25) is 0 Å². The number of nitrogens with two attached hydrogens (primary N) is 1. The van der Waals surface area contributed by atoms with E-state index in [0.29, 0.717) is 15.4 Å². The van der Waals surface area contributed by atoms with Crippen LogP contribution in [0.25, 0.3) is 10.3 Å². The molecule has 0 aliphatic heterocycles. The maximum absolute atomic E-state index is 11.0. The fourth-order valence-corrected chi connectivity index (χ4v) is 1.96. The van der Waals surface area contributed by atoms with Gasteiger partial charge in [-0.15, -0.1) is 11.3 Å². The third kappa shape index (κ3) is 1.34. The molecule has 0 saturated heterocycles. The summed E-state index contributed by atoms with van der Waals surface area (Å²) in [5.41, 5.74) is 5.84. The molecule has 0 aliphatic rings. The molecule has 2 rings (SSSR count). The summed E-state index contributed by atoms with van der Waals surface area (Å²) in [7, 11) is 0. The van der Waals surface area contributed by atoms with Crippen LogP contribution in [0.2, 0.25) is 0 Å². The Labute approximate surface area is 83.2 Å². The van der Waals surface area contributed by atoms with E-state index in [-0.39, 0.29) is 12.2 Å². The standard InChI is InChI=1S/C8H6N3O2S/c9-7(13)4-1-2-10-8-6(4)14-5(3-12)11-8/h2,12H,3H2,(H2,9,13). The van der Waals surface area contributed by atoms with Gasteiger partial charge in [0.25, 0.3) is 5.91 Å². The van der Waals surface area contributed by atoms with Crippen molar-refractivity contribution in [3.05, 3.63) is 22.8 Å². The number of hydrogen-bond donors (Lipinski definition) is 2. The number of primary amides is 1. The lowest BCUT2D eigenvalue weighted by Gasteiger charge is -1.93. The molecule has 1 radical (unpaired) electrons. The van der Waals surface area contributed by atoms with E-state index >= 15 is 0 Å². The molecule has 2 heterocycles. The molecule has 14 heavy (non-hydrogen) atoms. The highest BCUT2D eigenvalue weighted by molar-refractivity contribution is 7.18. The number of nitrogens with zero attached hydrogens (tertiary/aromatic N) is 2. The number of aliphatic hydroxyl groups excluding tert-OH is 1. The highest BCUT2D eigenvalue weighted by atomic mass is 32.1. The quantitative estimate of drug-likeness (QED) is 0.731. The summed E-state index contributed by atoms with van der Waals surface area (Å²) >= 11 is 1.20. The van der Waals surface area contributed by atoms with E-state index in [9.17, 15) is 4.79 Å². The van der Waals surface area contributed by atoms with Gasteiger partial charge in [0.05, 0.1) is 16.9 Å². The topological polar surface area (TPSA) is 89.1 Å². The number of carbonyl (C=O) groups is 1. The Hall–Kier alpha value is -1.53. The van der Waals surface area contributed by atoms with E-state index in [1.807, 2.05) is 0 Å². The summed E-state index contributed by atoms with van der Waals surface area (Å²) in [6, 6.07) is 2.65. The lowest BCUT2D eigenvalue weighted by molar-refractivity contribution is 0.100. The highest BCUT2D eigenvalue weighted by Gasteiger charge is 2.12. The molecule has 2 aromatic rings. The summed E-state index contributed by atoms with van der Waals surface area (Å²) in [6.45, 7) is -0.167. The molecular formula is C8H6N3O2S. The zero-order valence-corrected chi connectivity index (χ0v) is 7.84. The average molecular weight is 208 g/mol. The molecule has 71 valence electrons. The van der Waals surface area contributed by atoms with Crippen molar-refractivity contribution in [1.82, 2.24) is 9.97 Å².